The van der Waals surface area contributed by atoms with Crippen molar-refractivity contribution in [3.63, 3.8) is 0 Å². The number of carbonyl (C=O) groups excluding carboxylic acids is 1. The van der Waals surface area contributed by atoms with E-state index in [2.05, 4.69) is 5.32 Å². The highest BCUT2D eigenvalue weighted by atomic mass is 16.4. The summed E-state index contributed by atoms with van der Waals surface area (Å²) in [5.74, 6) is -0.936. The van der Waals surface area contributed by atoms with E-state index in [9.17, 15) is 14.7 Å². The van der Waals surface area contributed by atoms with E-state index in [4.69, 9.17) is 0 Å². The average molecular weight is 275 g/mol. The molecule has 1 aliphatic rings. The molecule has 0 spiro atoms. The summed E-state index contributed by atoms with van der Waals surface area (Å²) >= 11 is 0. The van der Waals surface area contributed by atoms with Gasteiger partial charge >= 0.3 is 5.97 Å². The molecule has 4 nitrogen and oxygen atoms in total. The quantitative estimate of drug-likeness (QED) is 0.837. The number of amides is 1. The van der Waals surface area contributed by atoms with E-state index in [1.54, 1.807) is 19.1 Å². The normalized spacial score (nSPS) is 18.9. The lowest BCUT2D eigenvalue weighted by molar-refractivity contribution is -0.143. The Hall–Kier alpha value is -1.84. The number of hydrogen-bond donors (Lipinski definition) is 2. The van der Waals surface area contributed by atoms with E-state index < -0.39 is 11.4 Å². The molecule has 1 atom stereocenters. The lowest BCUT2D eigenvalue weighted by Crippen LogP contribution is -2.46. The zero-order valence-electron chi connectivity index (χ0n) is 12.0. The molecule has 1 unspecified atom stereocenters. The molecule has 1 aliphatic carbocycles. The second-order valence-electron chi connectivity index (χ2n) is 5.82. The highest BCUT2D eigenvalue weighted by molar-refractivity contribution is 5.87. The Morgan fingerprint density at radius 1 is 1.30 bits per heavy atom. The lowest BCUT2D eigenvalue weighted by Gasteiger charge is -2.26. The summed E-state index contributed by atoms with van der Waals surface area (Å²) in [6.07, 6.45) is 2.63. The van der Waals surface area contributed by atoms with Gasteiger partial charge in [0.15, 0.2) is 0 Å². The predicted octanol–water partition coefficient (Wildman–Crippen LogP) is 2.34. The van der Waals surface area contributed by atoms with Gasteiger partial charge in [0.05, 0.1) is 0 Å². The third-order valence-electron chi connectivity index (χ3n) is 4.50. The van der Waals surface area contributed by atoms with Crippen LogP contribution in [0.2, 0.25) is 0 Å². The number of rotatable bonds is 6. The van der Waals surface area contributed by atoms with Crippen molar-refractivity contribution < 1.29 is 14.7 Å². The third kappa shape index (κ3) is 2.55. The maximum atomic E-state index is 12.2. The van der Waals surface area contributed by atoms with Crippen LogP contribution < -0.4 is 5.32 Å². The number of aliphatic carboxylic acids is 1. The molecular weight excluding hydrogens is 254 g/mol. The number of carboxylic acids is 1. The zero-order valence-corrected chi connectivity index (χ0v) is 12.0. The molecule has 1 amide bonds. The molecule has 0 radical (unpaired) electrons. The van der Waals surface area contributed by atoms with Crippen LogP contribution in [-0.2, 0) is 15.0 Å². The van der Waals surface area contributed by atoms with Crippen molar-refractivity contribution in [2.45, 2.75) is 38.5 Å². The summed E-state index contributed by atoms with van der Waals surface area (Å²) in [5, 5.41) is 12.4. The Kier molecular flexibility index (Phi) is 3.84. The van der Waals surface area contributed by atoms with Gasteiger partial charge in [0.1, 0.15) is 5.41 Å². The summed E-state index contributed by atoms with van der Waals surface area (Å²) in [7, 11) is 0. The van der Waals surface area contributed by atoms with Crippen LogP contribution in [0.5, 0.6) is 0 Å². The summed E-state index contributed by atoms with van der Waals surface area (Å²) in [6, 6.07) is 9.04. The number of hydrogen-bond acceptors (Lipinski definition) is 2. The molecule has 0 aliphatic heterocycles. The standard InChI is InChI=1S/C16H21NO3/c1-3-16(9-10-16)13(18)17-11-15(2,14(19)20)12-7-5-4-6-8-12/h4-8H,3,9-11H2,1-2H3,(H,17,18)(H,19,20). The van der Waals surface area contributed by atoms with Gasteiger partial charge in [-0.15, -0.1) is 0 Å². The second kappa shape index (κ2) is 5.27. The summed E-state index contributed by atoms with van der Waals surface area (Å²) in [6.45, 7) is 3.77. The largest absolute Gasteiger partial charge is 0.481 e. The van der Waals surface area contributed by atoms with E-state index in [0.29, 0.717) is 5.56 Å². The van der Waals surface area contributed by atoms with Crippen molar-refractivity contribution in [1.29, 1.82) is 0 Å². The van der Waals surface area contributed by atoms with Crippen LogP contribution in [0.3, 0.4) is 0 Å². The van der Waals surface area contributed by atoms with Gasteiger partial charge in [-0.25, -0.2) is 0 Å². The average Bonchev–Trinajstić information content (AvgIpc) is 3.26. The smallest absolute Gasteiger partial charge is 0.315 e. The zero-order chi connectivity index (χ0) is 14.8. The fraction of sp³-hybridized carbons (Fsp3) is 0.500. The van der Waals surface area contributed by atoms with Gasteiger partial charge in [0.25, 0.3) is 0 Å². The molecule has 0 heterocycles. The highest BCUT2D eigenvalue weighted by Crippen LogP contribution is 2.48. The van der Waals surface area contributed by atoms with Gasteiger partial charge in [-0.05, 0) is 31.7 Å². The van der Waals surface area contributed by atoms with Crippen molar-refractivity contribution in [2.75, 3.05) is 6.54 Å². The lowest BCUT2D eigenvalue weighted by atomic mass is 9.82. The van der Waals surface area contributed by atoms with E-state index in [0.717, 1.165) is 19.3 Å². The molecule has 4 heteroatoms. The molecule has 108 valence electrons. The Balaban J connectivity index is 2.11. The van der Waals surface area contributed by atoms with Crippen molar-refractivity contribution in [2.24, 2.45) is 5.41 Å². The van der Waals surface area contributed by atoms with Crippen molar-refractivity contribution in [1.82, 2.24) is 5.32 Å². The Labute approximate surface area is 119 Å². The third-order valence-corrected chi connectivity index (χ3v) is 4.50. The number of nitrogens with one attached hydrogen (secondary N) is 1. The maximum absolute atomic E-state index is 12.2. The maximum Gasteiger partial charge on any atom is 0.315 e. The Morgan fingerprint density at radius 3 is 2.35 bits per heavy atom. The first-order valence-electron chi connectivity index (χ1n) is 7.02. The number of carbonyl (C=O) groups is 2. The molecule has 1 fully saturated rings. The van der Waals surface area contributed by atoms with E-state index in [-0.39, 0.29) is 17.9 Å². The van der Waals surface area contributed by atoms with Crippen molar-refractivity contribution in [3.05, 3.63) is 35.9 Å². The first-order valence-corrected chi connectivity index (χ1v) is 7.02. The molecule has 0 saturated heterocycles. The number of benzene rings is 1. The first-order chi connectivity index (χ1) is 9.44. The van der Waals surface area contributed by atoms with Crippen LogP contribution in [0.1, 0.15) is 38.7 Å². The Bertz CT molecular complexity index is 508. The Morgan fingerprint density at radius 2 is 1.90 bits per heavy atom. The molecular formula is C16H21NO3. The predicted molar refractivity (Wildman–Crippen MR) is 76.4 cm³/mol. The molecule has 2 N–H and O–H groups in total. The second-order valence-corrected chi connectivity index (χ2v) is 5.82. The van der Waals surface area contributed by atoms with Gasteiger partial charge in [-0.3, -0.25) is 9.59 Å². The minimum absolute atomic E-state index is 0.0107. The molecule has 0 bridgehead atoms. The molecule has 1 aromatic carbocycles. The minimum Gasteiger partial charge on any atom is -0.481 e. The van der Waals surface area contributed by atoms with Crippen LogP contribution in [0.25, 0.3) is 0 Å². The van der Waals surface area contributed by atoms with Gasteiger partial charge in [-0.1, -0.05) is 37.3 Å². The highest BCUT2D eigenvalue weighted by Gasteiger charge is 2.48. The minimum atomic E-state index is -1.10. The van der Waals surface area contributed by atoms with Gasteiger partial charge in [0.2, 0.25) is 5.91 Å². The fourth-order valence-corrected chi connectivity index (χ4v) is 2.44. The van der Waals surface area contributed by atoms with Crippen molar-refractivity contribution >= 4 is 11.9 Å². The summed E-state index contributed by atoms with van der Waals surface area (Å²) in [5.41, 5.74) is -0.634. The van der Waals surface area contributed by atoms with Crippen LogP contribution in [0.15, 0.2) is 30.3 Å². The summed E-state index contributed by atoms with van der Waals surface area (Å²) < 4.78 is 0. The van der Waals surface area contributed by atoms with Crippen LogP contribution >= 0.6 is 0 Å². The fourth-order valence-electron chi connectivity index (χ4n) is 2.44. The monoisotopic (exact) mass is 275 g/mol. The SMILES string of the molecule is CCC1(C(=O)NCC(C)(C(=O)O)c2ccccc2)CC1. The van der Waals surface area contributed by atoms with Gasteiger partial charge in [-0.2, -0.15) is 0 Å². The van der Waals surface area contributed by atoms with Gasteiger partial charge in [0, 0.05) is 12.0 Å². The molecule has 1 saturated carbocycles. The molecule has 1 aromatic rings. The molecule has 0 aromatic heterocycles. The van der Waals surface area contributed by atoms with Crippen molar-refractivity contribution in [3.8, 4) is 0 Å². The molecule has 2 rings (SSSR count). The molecule has 20 heavy (non-hydrogen) atoms. The van der Waals surface area contributed by atoms with Gasteiger partial charge < -0.3 is 10.4 Å². The topological polar surface area (TPSA) is 66.4 Å². The van der Waals surface area contributed by atoms with E-state index >= 15 is 0 Å². The first kappa shape index (κ1) is 14.6. The van der Waals surface area contributed by atoms with E-state index in [1.807, 2.05) is 25.1 Å². The number of carboxylic acid groups (broad SMARTS) is 1. The summed E-state index contributed by atoms with van der Waals surface area (Å²) in [4.78, 5) is 23.8. The van der Waals surface area contributed by atoms with Crippen LogP contribution in [-0.4, -0.2) is 23.5 Å². The van der Waals surface area contributed by atoms with E-state index in [1.165, 1.54) is 0 Å². The van der Waals surface area contributed by atoms with Crippen LogP contribution in [0.4, 0.5) is 0 Å². The van der Waals surface area contributed by atoms with Crippen LogP contribution in [0, 0.1) is 5.41 Å².